The van der Waals surface area contributed by atoms with Crippen LogP contribution in [0.2, 0.25) is 0 Å². The van der Waals surface area contributed by atoms with Crippen LogP contribution in [0.3, 0.4) is 0 Å². The first-order chi connectivity index (χ1) is 12.4. The molecule has 0 aromatic rings. The monoisotopic (exact) mass is 427 g/mol. The van der Waals surface area contributed by atoms with Crippen molar-refractivity contribution < 1.29 is 29.2 Å². The van der Waals surface area contributed by atoms with E-state index in [2.05, 4.69) is 11.6 Å². The lowest BCUT2D eigenvalue weighted by Crippen LogP contribution is -2.46. The molecule has 0 aromatic heterocycles. The molecule has 2 fully saturated rings. The summed E-state index contributed by atoms with van der Waals surface area (Å²) in [4.78, 5) is 13.3. The standard InChI is InChI=1S/C11H21NO4.C7H14O2.CH3Cl.CH4/c1-10(2,3)16-9(13)12-5-6-15-8-11(4,14)7-12;1-7(8)4-2-3-5-9-6-7;1-2;/h14H,5-8H2,1-4H3;8H,2-6H2,1H3;1H3;1H4. The molecule has 0 aromatic carbocycles. The Balaban J connectivity index is 0. The van der Waals surface area contributed by atoms with Crippen molar-refractivity contribution in [3.05, 3.63) is 0 Å². The Hall–Kier alpha value is -0.600. The minimum absolute atomic E-state index is 0. The number of carbonyl (C=O) groups is 1. The molecule has 7 nitrogen and oxygen atoms in total. The van der Waals surface area contributed by atoms with Crippen LogP contribution in [0.1, 0.15) is 61.3 Å². The zero-order valence-electron chi connectivity index (χ0n) is 17.7. The molecular formula is C20H42ClNO6. The second-order valence-corrected chi connectivity index (χ2v) is 8.46. The summed E-state index contributed by atoms with van der Waals surface area (Å²) < 4.78 is 15.6. The van der Waals surface area contributed by atoms with Crippen LogP contribution >= 0.6 is 11.6 Å². The van der Waals surface area contributed by atoms with Gasteiger partial charge in [-0.2, -0.15) is 0 Å². The molecule has 170 valence electrons. The summed E-state index contributed by atoms with van der Waals surface area (Å²) in [6.45, 7) is 11.6. The number of aliphatic hydroxyl groups is 2. The van der Waals surface area contributed by atoms with Crippen LogP contribution in [0.4, 0.5) is 4.79 Å². The van der Waals surface area contributed by atoms with E-state index in [4.69, 9.17) is 14.2 Å². The molecule has 2 aliphatic rings. The Kier molecular flexibility index (Phi) is 14.4. The van der Waals surface area contributed by atoms with Crippen LogP contribution in [0.15, 0.2) is 0 Å². The maximum atomic E-state index is 11.8. The van der Waals surface area contributed by atoms with Gasteiger partial charge in [0.2, 0.25) is 0 Å². The fourth-order valence-corrected chi connectivity index (χ4v) is 2.56. The summed E-state index contributed by atoms with van der Waals surface area (Å²) in [7, 11) is 0. The highest BCUT2D eigenvalue weighted by atomic mass is 35.5. The number of halogens is 1. The number of hydrogen-bond acceptors (Lipinski definition) is 6. The van der Waals surface area contributed by atoms with Gasteiger partial charge in [-0.25, -0.2) is 4.79 Å². The molecule has 0 saturated carbocycles. The van der Waals surface area contributed by atoms with Crippen molar-refractivity contribution >= 4 is 17.7 Å². The fraction of sp³-hybridized carbons (Fsp3) is 0.950. The average Bonchev–Trinajstić information content (AvgIpc) is 2.85. The Bertz CT molecular complexity index is 413. The van der Waals surface area contributed by atoms with Gasteiger partial charge < -0.3 is 29.3 Å². The second kappa shape index (κ2) is 13.6. The minimum Gasteiger partial charge on any atom is -0.444 e. The summed E-state index contributed by atoms with van der Waals surface area (Å²) in [6.07, 6.45) is 4.13. The van der Waals surface area contributed by atoms with E-state index in [1.807, 2.05) is 27.7 Å². The van der Waals surface area contributed by atoms with Gasteiger partial charge in [0.25, 0.3) is 0 Å². The van der Waals surface area contributed by atoms with E-state index in [1.165, 1.54) is 11.3 Å². The predicted molar refractivity (Wildman–Crippen MR) is 113 cm³/mol. The molecule has 28 heavy (non-hydrogen) atoms. The van der Waals surface area contributed by atoms with Crippen LogP contribution in [-0.2, 0) is 14.2 Å². The van der Waals surface area contributed by atoms with E-state index in [1.54, 1.807) is 6.92 Å². The van der Waals surface area contributed by atoms with Gasteiger partial charge in [-0.1, -0.05) is 7.43 Å². The molecule has 8 heteroatoms. The fourth-order valence-electron chi connectivity index (χ4n) is 2.56. The second-order valence-electron chi connectivity index (χ2n) is 8.46. The Labute approximate surface area is 176 Å². The van der Waals surface area contributed by atoms with E-state index in [9.17, 15) is 15.0 Å². The number of nitrogens with zero attached hydrogens (tertiary/aromatic N) is 1. The first-order valence-electron chi connectivity index (χ1n) is 9.36. The Morgan fingerprint density at radius 3 is 2.14 bits per heavy atom. The van der Waals surface area contributed by atoms with Crippen molar-refractivity contribution in [2.24, 2.45) is 0 Å². The summed E-state index contributed by atoms with van der Waals surface area (Å²) in [5, 5.41) is 19.3. The third-order valence-corrected chi connectivity index (χ3v) is 3.77. The molecule has 0 aliphatic carbocycles. The van der Waals surface area contributed by atoms with Gasteiger partial charge in [0, 0.05) is 19.5 Å². The molecule has 2 N–H and O–H groups in total. The number of alkyl halides is 1. The van der Waals surface area contributed by atoms with Gasteiger partial charge in [-0.3, -0.25) is 0 Å². The van der Waals surface area contributed by atoms with Gasteiger partial charge in [0.15, 0.2) is 0 Å². The van der Waals surface area contributed by atoms with Crippen molar-refractivity contribution in [1.82, 2.24) is 4.90 Å². The zero-order valence-corrected chi connectivity index (χ0v) is 18.5. The maximum Gasteiger partial charge on any atom is 0.410 e. The quantitative estimate of drug-likeness (QED) is 0.575. The molecule has 2 aliphatic heterocycles. The van der Waals surface area contributed by atoms with Gasteiger partial charge in [-0.05, 0) is 53.9 Å². The highest BCUT2D eigenvalue weighted by Crippen LogP contribution is 2.17. The molecule has 2 saturated heterocycles. The van der Waals surface area contributed by atoms with E-state index in [-0.39, 0.29) is 20.6 Å². The number of ether oxygens (including phenoxy) is 3. The number of amides is 1. The van der Waals surface area contributed by atoms with Crippen LogP contribution < -0.4 is 0 Å². The lowest BCUT2D eigenvalue weighted by atomic mass is 10.0. The smallest absolute Gasteiger partial charge is 0.410 e. The maximum absolute atomic E-state index is 11.8. The van der Waals surface area contributed by atoms with Gasteiger partial charge >= 0.3 is 6.09 Å². The van der Waals surface area contributed by atoms with Crippen LogP contribution in [-0.4, -0.2) is 83.9 Å². The molecule has 2 rings (SSSR count). The van der Waals surface area contributed by atoms with Gasteiger partial charge in [0.05, 0.1) is 32.0 Å². The third kappa shape index (κ3) is 14.4. The largest absolute Gasteiger partial charge is 0.444 e. The van der Waals surface area contributed by atoms with Crippen molar-refractivity contribution in [2.45, 2.75) is 78.1 Å². The molecule has 0 bridgehead atoms. The molecule has 0 spiro atoms. The van der Waals surface area contributed by atoms with Crippen molar-refractivity contribution in [1.29, 1.82) is 0 Å². The topological polar surface area (TPSA) is 88.5 Å². The van der Waals surface area contributed by atoms with Gasteiger partial charge in [-0.15, -0.1) is 11.6 Å². The summed E-state index contributed by atoms with van der Waals surface area (Å²) >= 11 is 4.64. The average molecular weight is 428 g/mol. The highest BCUT2D eigenvalue weighted by Gasteiger charge is 2.32. The van der Waals surface area contributed by atoms with Crippen molar-refractivity contribution in [3.8, 4) is 0 Å². The first-order valence-corrected chi connectivity index (χ1v) is 10.1. The summed E-state index contributed by atoms with van der Waals surface area (Å²) in [5.74, 6) is 0. The molecule has 1 amide bonds. The number of rotatable bonds is 0. The minimum atomic E-state index is -1.01. The number of carbonyl (C=O) groups excluding carboxylic acids is 1. The summed E-state index contributed by atoms with van der Waals surface area (Å²) in [6, 6.07) is 0. The summed E-state index contributed by atoms with van der Waals surface area (Å²) in [5.41, 5.74) is -2.08. The lowest BCUT2D eigenvalue weighted by Gasteiger charge is -2.29. The van der Waals surface area contributed by atoms with Gasteiger partial charge in [0.1, 0.15) is 11.2 Å². The van der Waals surface area contributed by atoms with E-state index >= 15 is 0 Å². The Morgan fingerprint density at radius 2 is 1.57 bits per heavy atom. The third-order valence-electron chi connectivity index (χ3n) is 3.77. The van der Waals surface area contributed by atoms with E-state index in [0.29, 0.717) is 19.8 Å². The Morgan fingerprint density at radius 1 is 1.04 bits per heavy atom. The SMILES string of the molecule is C.CC1(O)CCCCOC1.CC1(O)COCCN(C(=O)OC(C)(C)C)C1.CCl. The molecular weight excluding hydrogens is 386 g/mol. The molecule has 0 radical (unpaired) electrons. The number of β-amino-alcohol motifs (C(OH)–C–C–N with tert-alkyl or cyclic N) is 1. The highest BCUT2D eigenvalue weighted by molar-refractivity contribution is 6.15. The van der Waals surface area contributed by atoms with Crippen LogP contribution in [0, 0.1) is 0 Å². The van der Waals surface area contributed by atoms with Crippen LogP contribution in [0.25, 0.3) is 0 Å². The molecule has 2 unspecified atom stereocenters. The number of hydrogen-bond donors (Lipinski definition) is 2. The predicted octanol–water partition coefficient (Wildman–Crippen LogP) is 3.43. The van der Waals surface area contributed by atoms with Crippen molar-refractivity contribution in [3.63, 3.8) is 0 Å². The molecule has 2 atom stereocenters. The van der Waals surface area contributed by atoms with Crippen molar-refractivity contribution in [2.75, 3.05) is 45.9 Å². The lowest BCUT2D eigenvalue weighted by molar-refractivity contribution is -0.0270. The van der Waals surface area contributed by atoms with Crippen LogP contribution in [0.5, 0.6) is 0 Å². The first kappa shape index (κ1) is 29.6. The molecule has 2 heterocycles. The van der Waals surface area contributed by atoms with E-state index < -0.39 is 22.9 Å². The van der Waals surface area contributed by atoms with E-state index in [0.717, 1.165) is 25.9 Å². The zero-order chi connectivity index (χ0) is 21.1. The normalized spacial score (nSPS) is 28.1.